The molecule has 0 bridgehead atoms. The van der Waals surface area contributed by atoms with Crippen LogP contribution in [0.2, 0.25) is 0 Å². The lowest BCUT2D eigenvalue weighted by Gasteiger charge is -2.35. The summed E-state index contributed by atoms with van der Waals surface area (Å²) in [6.45, 7) is 2.14. The third-order valence-corrected chi connectivity index (χ3v) is 3.60. The number of benzene rings is 1. The average Bonchev–Trinajstić information content (AvgIpc) is 3.08. The highest BCUT2D eigenvalue weighted by atomic mass is 16.5. The van der Waals surface area contributed by atoms with E-state index in [-0.39, 0.29) is 18.6 Å². The number of nitrogens with zero attached hydrogens (tertiary/aromatic N) is 4. The van der Waals surface area contributed by atoms with E-state index >= 15 is 0 Å². The molecule has 120 valence electrons. The Balaban J connectivity index is 1.82. The molecule has 1 amide bonds. The number of ether oxygens (including phenoxy) is 1. The van der Waals surface area contributed by atoms with Gasteiger partial charge in [0.25, 0.3) is 5.91 Å². The number of rotatable bonds is 3. The van der Waals surface area contributed by atoms with Gasteiger partial charge in [-0.15, -0.1) is 0 Å². The Morgan fingerprint density at radius 3 is 2.87 bits per heavy atom. The lowest BCUT2D eigenvalue weighted by atomic mass is 10.1. The molecule has 2 aromatic rings. The quantitative estimate of drug-likeness (QED) is 0.889. The average molecular weight is 316 g/mol. The molecule has 23 heavy (non-hydrogen) atoms. The summed E-state index contributed by atoms with van der Waals surface area (Å²) in [6.07, 6.45) is 1.63. The zero-order chi connectivity index (χ0) is 16.4. The first kappa shape index (κ1) is 15.2. The molecule has 0 aliphatic carbocycles. The molecule has 1 aromatic heterocycles. The van der Waals surface area contributed by atoms with Gasteiger partial charge < -0.3 is 14.7 Å². The summed E-state index contributed by atoms with van der Waals surface area (Å²) in [6, 6.07) is 6.96. The lowest BCUT2D eigenvalue weighted by molar-refractivity contribution is -0.160. The second-order valence-corrected chi connectivity index (χ2v) is 5.37. The van der Waals surface area contributed by atoms with E-state index < -0.39 is 12.1 Å². The third kappa shape index (κ3) is 3.21. The first-order valence-corrected chi connectivity index (χ1v) is 7.17. The van der Waals surface area contributed by atoms with E-state index in [4.69, 9.17) is 9.84 Å². The van der Waals surface area contributed by atoms with Crippen LogP contribution in [-0.4, -0.2) is 61.9 Å². The van der Waals surface area contributed by atoms with Crippen LogP contribution < -0.4 is 0 Å². The normalized spacial score (nSPS) is 21.2. The molecule has 1 saturated heterocycles. The summed E-state index contributed by atoms with van der Waals surface area (Å²) in [5, 5.41) is 13.1. The van der Waals surface area contributed by atoms with Gasteiger partial charge in [0.05, 0.1) is 18.3 Å². The minimum Gasteiger partial charge on any atom is -0.479 e. The Kier molecular flexibility index (Phi) is 4.07. The number of aromatic nitrogens is 3. The predicted octanol–water partition coefficient (Wildman–Crippen LogP) is 0.581. The number of hydrogen-bond acceptors (Lipinski definition) is 5. The monoisotopic (exact) mass is 316 g/mol. The highest BCUT2D eigenvalue weighted by Gasteiger charge is 2.33. The summed E-state index contributed by atoms with van der Waals surface area (Å²) in [7, 11) is 0. The Morgan fingerprint density at radius 1 is 1.35 bits per heavy atom. The van der Waals surface area contributed by atoms with E-state index in [9.17, 15) is 9.59 Å². The van der Waals surface area contributed by atoms with Gasteiger partial charge in [-0.2, -0.15) is 5.10 Å². The number of carbonyl (C=O) groups is 2. The maximum absolute atomic E-state index is 12.7. The van der Waals surface area contributed by atoms with Crippen molar-refractivity contribution in [2.45, 2.75) is 19.1 Å². The Labute approximate surface area is 132 Å². The zero-order valence-electron chi connectivity index (χ0n) is 12.5. The molecule has 3 rings (SSSR count). The minimum absolute atomic E-state index is 0.0338. The SMILES string of the molecule is C[C@@H]1CN(C(=O)c2cccc(-n3cncn3)c2)CC(C(=O)O)O1. The highest BCUT2D eigenvalue weighted by molar-refractivity contribution is 5.95. The van der Waals surface area contributed by atoms with Gasteiger partial charge >= 0.3 is 5.97 Å². The highest BCUT2D eigenvalue weighted by Crippen LogP contribution is 2.16. The van der Waals surface area contributed by atoms with Crippen molar-refractivity contribution in [2.75, 3.05) is 13.1 Å². The Bertz CT molecular complexity index is 716. The summed E-state index contributed by atoms with van der Waals surface area (Å²) in [5.74, 6) is -1.29. The van der Waals surface area contributed by atoms with Gasteiger partial charge in [0.2, 0.25) is 0 Å². The minimum atomic E-state index is -1.06. The summed E-state index contributed by atoms with van der Waals surface area (Å²) < 4.78 is 6.89. The molecule has 1 aliphatic rings. The standard InChI is InChI=1S/C15H16N4O4/c1-10-6-18(7-13(23-10)15(21)22)14(20)11-3-2-4-12(5-11)19-9-16-8-17-19/h2-5,8-10,13H,6-7H2,1H3,(H,21,22)/t10-,13?/m1/s1. The van der Waals surface area contributed by atoms with Gasteiger partial charge in [-0.25, -0.2) is 14.5 Å². The van der Waals surface area contributed by atoms with E-state index in [1.165, 1.54) is 11.2 Å². The van der Waals surface area contributed by atoms with Crippen LogP contribution in [0, 0.1) is 0 Å². The Morgan fingerprint density at radius 2 is 2.17 bits per heavy atom. The molecule has 0 spiro atoms. The van der Waals surface area contributed by atoms with Crippen molar-refractivity contribution in [2.24, 2.45) is 0 Å². The van der Waals surface area contributed by atoms with Crippen molar-refractivity contribution >= 4 is 11.9 Å². The molecule has 1 aromatic carbocycles. The molecule has 1 aliphatic heterocycles. The molecule has 2 heterocycles. The molecule has 2 atom stereocenters. The fourth-order valence-electron chi connectivity index (χ4n) is 2.56. The molecule has 1 N–H and O–H groups in total. The number of carboxylic acids is 1. The van der Waals surface area contributed by atoms with Gasteiger partial charge in [-0.3, -0.25) is 4.79 Å². The molecule has 1 fully saturated rings. The summed E-state index contributed by atoms with van der Waals surface area (Å²) in [4.78, 5) is 29.2. The maximum Gasteiger partial charge on any atom is 0.334 e. The van der Waals surface area contributed by atoms with Crippen LogP contribution >= 0.6 is 0 Å². The van der Waals surface area contributed by atoms with Crippen molar-refractivity contribution in [1.29, 1.82) is 0 Å². The van der Waals surface area contributed by atoms with Gasteiger partial charge in [0, 0.05) is 12.1 Å². The van der Waals surface area contributed by atoms with Crippen molar-refractivity contribution < 1.29 is 19.4 Å². The van der Waals surface area contributed by atoms with Crippen LogP contribution in [0.25, 0.3) is 5.69 Å². The molecule has 8 nitrogen and oxygen atoms in total. The van der Waals surface area contributed by atoms with Crippen molar-refractivity contribution in [3.05, 3.63) is 42.5 Å². The zero-order valence-corrected chi connectivity index (χ0v) is 12.5. The predicted molar refractivity (Wildman–Crippen MR) is 79.2 cm³/mol. The number of hydrogen-bond donors (Lipinski definition) is 1. The number of morpholine rings is 1. The molecular formula is C15H16N4O4. The van der Waals surface area contributed by atoms with Gasteiger partial charge in [0.1, 0.15) is 12.7 Å². The largest absolute Gasteiger partial charge is 0.479 e. The second kappa shape index (κ2) is 6.17. The van der Waals surface area contributed by atoms with Crippen molar-refractivity contribution in [3.8, 4) is 5.69 Å². The van der Waals surface area contributed by atoms with E-state index in [1.54, 1.807) is 36.1 Å². The number of amides is 1. The van der Waals surface area contributed by atoms with Gasteiger partial charge in [0.15, 0.2) is 6.10 Å². The first-order chi connectivity index (χ1) is 11.0. The van der Waals surface area contributed by atoms with E-state index in [2.05, 4.69) is 10.1 Å². The van der Waals surface area contributed by atoms with Crippen molar-refractivity contribution in [3.63, 3.8) is 0 Å². The van der Waals surface area contributed by atoms with Crippen LogP contribution in [0.15, 0.2) is 36.9 Å². The van der Waals surface area contributed by atoms with Crippen LogP contribution in [-0.2, 0) is 9.53 Å². The topological polar surface area (TPSA) is 97.6 Å². The smallest absolute Gasteiger partial charge is 0.334 e. The van der Waals surface area contributed by atoms with Crippen LogP contribution in [0.1, 0.15) is 17.3 Å². The van der Waals surface area contributed by atoms with Crippen LogP contribution in [0.5, 0.6) is 0 Å². The molecule has 0 radical (unpaired) electrons. The van der Waals surface area contributed by atoms with Crippen LogP contribution in [0.4, 0.5) is 0 Å². The van der Waals surface area contributed by atoms with E-state index in [1.807, 2.05) is 6.07 Å². The van der Waals surface area contributed by atoms with Crippen molar-refractivity contribution in [1.82, 2.24) is 19.7 Å². The van der Waals surface area contributed by atoms with Crippen LogP contribution in [0.3, 0.4) is 0 Å². The molecular weight excluding hydrogens is 300 g/mol. The Hall–Kier alpha value is -2.74. The molecule has 8 heteroatoms. The third-order valence-electron chi connectivity index (χ3n) is 3.60. The second-order valence-electron chi connectivity index (χ2n) is 5.37. The lowest BCUT2D eigenvalue weighted by Crippen LogP contribution is -2.51. The van der Waals surface area contributed by atoms with E-state index in [0.29, 0.717) is 17.8 Å². The maximum atomic E-state index is 12.7. The van der Waals surface area contributed by atoms with Gasteiger partial charge in [-0.05, 0) is 25.1 Å². The number of carbonyl (C=O) groups excluding carboxylic acids is 1. The fourth-order valence-corrected chi connectivity index (χ4v) is 2.56. The first-order valence-electron chi connectivity index (χ1n) is 7.17. The number of aliphatic carboxylic acids is 1. The van der Waals surface area contributed by atoms with Gasteiger partial charge in [-0.1, -0.05) is 6.07 Å². The molecule has 1 unspecified atom stereocenters. The molecule has 0 saturated carbocycles. The summed E-state index contributed by atoms with van der Waals surface area (Å²) in [5.41, 5.74) is 1.18. The number of carboxylic acid groups (broad SMARTS) is 1. The fraction of sp³-hybridized carbons (Fsp3) is 0.333. The summed E-state index contributed by atoms with van der Waals surface area (Å²) >= 11 is 0. The van der Waals surface area contributed by atoms with E-state index in [0.717, 1.165) is 0 Å².